The summed E-state index contributed by atoms with van der Waals surface area (Å²) in [5, 5.41) is 3.81. The number of rotatable bonds is 6. The number of carbonyl (C=O) groups excluding carboxylic acids is 1. The van der Waals surface area contributed by atoms with E-state index in [-0.39, 0.29) is 11.4 Å². The fraction of sp³-hybridized carbons (Fsp3) is 0.176. The maximum Gasteiger partial charge on any atom is 0.271 e. The fourth-order valence-corrected chi connectivity index (χ4v) is 2.03. The molecule has 7 heteroatoms. The van der Waals surface area contributed by atoms with E-state index in [1.807, 2.05) is 0 Å². The van der Waals surface area contributed by atoms with Gasteiger partial charge in [-0.05, 0) is 29.8 Å². The van der Waals surface area contributed by atoms with E-state index in [2.05, 4.69) is 10.5 Å². The number of methoxy groups -OCH3 is 3. The molecule has 0 saturated heterocycles. The molecule has 0 saturated carbocycles. The molecular weight excluding hydrogens is 315 g/mol. The molecule has 1 amide bonds. The average molecular weight is 332 g/mol. The first-order valence-electron chi connectivity index (χ1n) is 6.98. The van der Waals surface area contributed by atoms with Gasteiger partial charge in [-0.15, -0.1) is 0 Å². The predicted octanol–water partition coefficient (Wildman–Crippen LogP) is 2.62. The summed E-state index contributed by atoms with van der Waals surface area (Å²) < 4.78 is 28.6. The third-order valence-electron chi connectivity index (χ3n) is 3.16. The quantitative estimate of drug-likeness (QED) is 0.652. The summed E-state index contributed by atoms with van der Waals surface area (Å²) in [6.45, 7) is 0. The van der Waals surface area contributed by atoms with Gasteiger partial charge in [-0.2, -0.15) is 5.10 Å². The lowest BCUT2D eigenvalue weighted by atomic mass is 10.1. The zero-order valence-corrected chi connectivity index (χ0v) is 13.5. The van der Waals surface area contributed by atoms with Gasteiger partial charge in [0.1, 0.15) is 5.82 Å². The van der Waals surface area contributed by atoms with Crippen molar-refractivity contribution in [3.63, 3.8) is 0 Å². The van der Waals surface area contributed by atoms with E-state index in [1.165, 1.54) is 51.8 Å². The zero-order valence-electron chi connectivity index (χ0n) is 13.5. The minimum absolute atomic E-state index is 0.279. The van der Waals surface area contributed by atoms with E-state index in [4.69, 9.17) is 14.2 Å². The Morgan fingerprint density at radius 2 is 1.75 bits per heavy atom. The molecule has 0 spiro atoms. The molecule has 2 rings (SSSR count). The number of hydrogen-bond donors (Lipinski definition) is 1. The van der Waals surface area contributed by atoms with Gasteiger partial charge in [0, 0.05) is 5.56 Å². The highest BCUT2D eigenvalue weighted by Crippen LogP contribution is 2.38. The van der Waals surface area contributed by atoms with Crippen LogP contribution in [0.4, 0.5) is 4.39 Å². The number of carbonyl (C=O) groups is 1. The highest BCUT2D eigenvalue weighted by molar-refractivity contribution is 5.96. The van der Waals surface area contributed by atoms with Gasteiger partial charge < -0.3 is 14.2 Å². The Morgan fingerprint density at radius 1 is 1.08 bits per heavy atom. The Hall–Kier alpha value is -3.09. The van der Waals surface area contributed by atoms with Crippen molar-refractivity contribution < 1.29 is 23.4 Å². The standard InChI is InChI=1S/C17H17FN2O4/c1-22-14-8-12(9-15(23-2)16(14)24-3)17(21)20-19-10-11-5-4-6-13(18)7-11/h4-10H,1-3H3,(H,20,21)/b19-10+. The van der Waals surface area contributed by atoms with Crippen molar-refractivity contribution in [2.24, 2.45) is 5.10 Å². The number of ether oxygens (including phenoxy) is 3. The van der Waals surface area contributed by atoms with Crippen LogP contribution in [-0.4, -0.2) is 33.5 Å². The van der Waals surface area contributed by atoms with Crippen molar-refractivity contribution in [3.05, 3.63) is 53.3 Å². The molecule has 1 N–H and O–H groups in total. The molecule has 0 heterocycles. The van der Waals surface area contributed by atoms with E-state index < -0.39 is 5.91 Å². The van der Waals surface area contributed by atoms with Crippen LogP contribution >= 0.6 is 0 Å². The van der Waals surface area contributed by atoms with Gasteiger partial charge in [-0.3, -0.25) is 4.79 Å². The molecule has 0 unspecified atom stereocenters. The molecule has 0 aliphatic heterocycles. The lowest BCUT2D eigenvalue weighted by Gasteiger charge is -2.13. The zero-order chi connectivity index (χ0) is 17.5. The van der Waals surface area contributed by atoms with Crippen molar-refractivity contribution in [2.75, 3.05) is 21.3 Å². The highest BCUT2D eigenvalue weighted by Gasteiger charge is 2.16. The maximum absolute atomic E-state index is 13.1. The van der Waals surface area contributed by atoms with Crippen LogP contribution < -0.4 is 19.6 Å². The predicted molar refractivity (Wildman–Crippen MR) is 87.6 cm³/mol. The van der Waals surface area contributed by atoms with Crippen molar-refractivity contribution in [1.29, 1.82) is 0 Å². The molecule has 0 aromatic heterocycles. The molecule has 0 aliphatic carbocycles. The molecule has 0 aliphatic rings. The first-order chi connectivity index (χ1) is 11.6. The Bertz CT molecular complexity index is 737. The first-order valence-corrected chi connectivity index (χ1v) is 6.98. The van der Waals surface area contributed by atoms with Crippen molar-refractivity contribution in [3.8, 4) is 17.2 Å². The van der Waals surface area contributed by atoms with Crippen LogP contribution in [0.25, 0.3) is 0 Å². The molecular formula is C17H17FN2O4. The van der Waals surface area contributed by atoms with Gasteiger partial charge in [-0.1, -0.05) is 12.1 Å². The summed E-state index contributed by atoms with van der Waals surface area (Å²) >= 11 is 0. The molecule has 6 nitrogen and oxygen atoms in total. The molecule has 0 bridgehead atoms. The van der Waals surface area contributed by atoms with E-state index >= 15 is 0 Å². The van der Waals surface area contributed by atoms with Gasteiger partial charge >= 0.3 is 0 Å². The van der Waals surface area contributed by atoms with Crippen LogP contribution in [0, 0.1) is 5.82 Å². The summed E-state index contributed by atoms with van der Waals surface area (Å²) in [7, 11) is 4.39. The number of nitrogens with zero attached hydrogens (tertiary/aromatic N) is 1. The van der Waals surface area contributed by atoms with E-state index in [1.54, 1.807) is 12.1 Å². The van der Waals surface area contributed by atoms with Gasteiger partial charge in [0.05, 0.1) is 27.5 Å². The Balaban J connectivity index is 2.17. The molecule has 126 valence electrons. The number of benzene rings is 2. The van der Waals surface area contributed by atoms with Crippen LogP contribution in [0.3, 0.4) is 0 Å². The Kier molecular flexibility index (Phi) is 5.73. The number of amides is 1. The molecule has 0 atom stereocenters. The van der Waals surface area contributed by atoms with Crippen molar-refractivity contribution in [2.45, 2.75) is 0 Å². The monoisotopic (exact) mass is 332 g/mol. The van der Waals surface area contributed by atoms with E-state index in [9.17, 15) is 9.18 Å². The van der Waals surface area contributed by atoms with Crippen LogP contribution in [0.2, 0.25) is 0 Å². The average Bonchev–Trinajstić information content (AvgIpc) is 2.60. The largest absolute Gasteiger partial charge is 0.493 e. The Labute approximate surface area is 138 Å². The molecule has 24 heavy (non-hydrogen) atoms. The number of halogens is 1. The second-order valence-electron chi connectivity index (χ2n) is 4.67. The molecule has 0 radical (unpaired) electrons. The SMILES string of the molecule is COc1cc(C(=O)N/N=C/c2cccc(F)c2)cc(OC)c1OC. The minimum Gasteiger partial charge on any atom is -0.493 e. The summed E-state index contributed by atoms with van der Waals surface area (Å²) in [5.41, 5.74) is 3.17. The maximum atomic E-state index is 13.1. The van der Waals surface area contributed by atoms with Crippen molar-refractivity contribution >= 4 is 12.1 Å². The Morgan fingerprint density at radius 3 is 2.29 bits per heavy atom. The number of nitrogens with one attached hydrogen (secondary N) is 1. The first kappa shape index (κ1) is 17.3. The van der Waals surface area contributed by atoms with Crippen LogP contribution in [0.1, 0.15) is 15.9 Å². The second kappa shape index (κ2) is 7.96. The van der Waals surface area contributed by atoms with Gasteiger partial charge in [0.25, 0.3) is 5.91 Å². The van der Waals surface area contributed by atoms with Crippen LogP contribution in [0.15, 0.2) is 41.5 Å². The van der Waals surface area contributed by atoms with Gasteiger partial charge in [0.2, 0.25) is 5.75 Å². The summed E-state index contributed by atoms with van der Waals surface area (Å²) in [5.74, 6) is 0.254. The molecule has 2 aromatic carbocycles. The number of hydrogen-bond acceptors (Lipinski definition) is 5. The second-order valence-corrected chi connectivity index (χ2v) is 4.67. The van der Waals surface area contributed by atoms with Gasteiger partial charge in [0.15, 0.2) is 11.5 Å². The number of hydrazone groups is 1. The lowest BCUT2D eigenvalue weighted by Crippen LogP contribution is -2.18. The van der Waals surface area contributed by atoms with Crippen molar-refractivity contribution in [1.82, 2.24) is 5.43 Å². The third-order valence-corrected chi connectivity index (χ3v) is 3.16. The van der Waals surface area contributed by atoms with E-state index in [0.717, 1.165) is 0 Å². The fourth-order valence-electron chi connectivity index (χ4n) is 2.03. The topological polar surface area (TPSA) is 69.2 Å². The van der Waals surface area contributed by atoms with Gasteiger partial charge in [-0.25, -0.2) is 9.82 Å². The summed E-state index contributed by atoms with van der Waals surface area (Å²) in [6, 6.07) is 8.86. The lowest BCUT2D eigenvalue weighted by molar-refractivity contribution is 0.0954. The summed E-state index contributed by atoms with van der Waals surface area (Å²) in [6.07, 6.45) is 1.35. The molecule has 0 fully saturated rings. The van der Waals surface area contributed by atoms with E-state index in [0.29, 0.717) is 22.8 Å². The van der Waals surface area contributed by atoms with Crippen LogP contribution in [-0.2, 0) is 0 Å². The smallest absolute Gasteiger partial charge is 0.271 e. The normalized spacial score (nSPS) is 10.5. The third kappa shape index (κ3) is 4.01. The van der Waals surface area contributed by atoms with Crippen LogP contribution in [0.5, 0.6) is 17.2 Å². The molecule has 2 aromatic rings. The summed E-state index contributed by atoms with van der Waals surface area (Å²) in [4.78, 5) is 12.2. The minimum atomic E-state index is -0.470. The highest BCUT2D eigenvalue weighted by atomic mass is 19.1.